The first-order valence-electron chi connectivity index (χ1n) is 14.1. The Morgan fingerprint density at radius 2 is 1.24 bits per heavy atom. The number of carbonyl (C=O) groups excluding carboxylic acids is 3. The van der Waals surface area contributed by atoms with E-state index in [2.05, 4.69) is 33.6 Å². The lowest BCUT2D eigenvalue weighted by Crippen LogP contribution is -2.58. The van der Waals surface area contributed by atoms with Crippen molar-refractivity contribution in [3.63, 3.8) is 0 Å². The van der Waals surface area contributed by atoms with Crippen LogP contribution in [0.3, 0.4) is 0 Å². The van der Waals surface area contributed by atoms with Gasteiger partial charge in [-0.2, -0.15) is 12.6 Å². The van der Waals surface area contributed by atoms with Gasteiger partial charge in [-0.1, -0.05) is 42.5 Å². The Balaban J connectivity index is 1.50. The predicted molar refractivity (Wildman–Crippen MR) is 171 cm³/mol. The van der Waals surface area contributed by atoms with E-state index < -0.39 is 47.9 Å². The number of fused-ring (bicyclic) bond motifs is 1. The average Bonchev–Trinajstić information content (AvgIpc) is 3.43. The van der Waals surface area contributed by atoms with Crippen LogP contribution in [0.5, 0.6) is 11.5 Å². The fourth-order valence-corrected chi connectivity index (χ4v) is 5.05. The zero-order valence-corrected chi connectivity index (χ0v) is 25.0. The topological polar surface area (TPSA) is 207 Å². The van der Waals surface area contributed by atoms with E-state index in [1.807, 2.05) is 24.3 Å². The van der Waals surface area contributed by atoms with Crippen LogP contribution in [0, 0.1) is 0 Å². The number of hydrogen-bond donors (Lipinski definition) is 9. The number of aliphatic carboxylic acids is 1. The number of H-pyrrole nitrogens is 1. The molecule has 1 aromatic heterocycles. The van der Waals surface area contributed by atoms with Gasteiger partial charge >= 0.3 is 5.97 Å². The molecule has 4 atom stereocenters. The number of phenols is 2. The number of rotatable bonds is 14. The molecule has 4 unspecified atom stereocenters. The van der Waals surface area contributed by atoms with Crippen LogP contribution < -0.4 is 21.7 Å². The van der Waals surface area contributed by atoms with E-state index in [1.165, 1.54) is 24.3 Å². The van der Waals surface area contributed by atoms with Gasteiger partial charge in [0.15, 0.2) is 0 Å². The third-order valence-electron chi connectivity index (χ3n) is 7.27. The number of hydrogen-bond acceptors (Lipinski definition) is 8. The fraction of sp³-hybridized carbons (Fsp3) is 0.250. The summed E-state index contributed by atoms with van der Waals surface area (Å²) in [4.78, 5) is 55.1. The highest BCUT2D eigenvalue weighted by Gasteiger charge is 2.31. The quantitative estimate of drug-likeness (QED) is 0.0926. The van der Waals surface area contributed by atoms with Crippen molar-refractivity contribution in [3.8, 4) is 11.5 Å². The standard InChI is InChI=1S/C32H35N5O7S/c33-24(13-18-5-9-21(38)10-6-18)29(40)37-28(17-45)31(42)35-26(15-20-16-34-25-4-2-1-3-23(20)25)30(41)36-27(32(43)44)14-19-7-11-22(39)12-8-19/h1-12,16,24,26-28,34,38-39,45H,13-15,17,33H2,(H,35,42)(H,36,41)(H,37,40)(H,43,44). The van der Waals surface area contributed by atoms with Crippen molar-refractivity contribution in [1.82, 2.24) is 20.9 Å². The predicted octanol–water partition coefficient (Wildman–Crippen LogP) is 1.40. The normalized spacial score (nSPS) is 13.7. The van der Waals surface area contributed by atoms with Crippen molar-refractivity contribution in [3.05, 3.63) is 95.7 Å². The Morgan fingerprint density at radius 3 is 1.84 bits per heavy atom. The highest BCUT2D eigenvalue weighted by Crippen LogP contribution is 2.20. The number of aromatic nitrogens is 1. The van der Waals surface area contributed by atoms with E-state index >= 15 is 0 Å². The lowest BCUT2D eigenvalue weighted by molar-refractivity contribution is -0.142. The molecular formula is C32H35N5O7S. The van der Waals surface area contributed by atoms with Gasteiger partial charge < -0.3 is 42.0 Å². The van der Waals surface area contributed by atoms with E-state index in [0.717, 1.165) is 10.9 Å². The van der Waals surface area contributed by atoms with Gasteiger partial charge in [0.25, 0.3) is 0 Å². The van der Waals surface area contributed by atoms with Gasteiger partial charge in [0.1, 0.15) is 29.6 Å². The van der Waals surface area contributed by atoms with Crippen molar-refractivity contribution in [2.75, 3.05) is 5.75 Å². The van der Waals surface area contributed by atoms with Crippen LogP contribution in [-0.4, -0.2) is 73.9 Å². The Labute approximate surface area is 264 Å². The summed E-state index contributed by atoms with van der Waals surface area (Å²) in [7, 11) is 0. The molecule has 3 amide bonds. The first kappa shape index (κ1) is 32.9. The fourth-order valence-electron chi connectivity index (χ4n) is 4.79. The van der Waals surface area contributed by atoms with Gasteiger partial charge in [0.05, 0.1) is 6.04 Å². The minimum absolute atomic E-state index is 0.0146. The number of carboxylic acids is 1. The molecule has 1 heterocycles. The highest BCUT2D eigenvalue weighted by molar-refractivity contribution is 7.80. The zero-order chi connectivity index (χ0) is 32.5. The highest BCUT2D eigenvalue weighted by atomic mass is 32.1. The third-order valence-corrected chi connectivity index (χ3v) is 7.63. The van der Waals surface area contributed by atoms with Crippen LogP contribution >= 0.6 is 12.6 Å². The SMILES string of the molecule is NC(Cc1ccc(O)cc1)C(=O)NC(CS)C(=O)NC(Cc1c[nH]c2ccccc12)C(=O)NC(Cc1ccc(O)cc1)C(=O)O. The van der Waals surface area contributed by atoms with E-state index in [9.17, 15) is 34.5 Å². The molecule has 0 spiro atoms. The van der Waals surface area contributed by atoms with Gasteiger partial charge in [0, 0.05) is 35.7 Å². The number of thiol groups is 1. The second-order valence-electron chi connectivity index (χ2n) is 10.6. The Kier molecular flexibility index (Phi) is 11.1. The number of aromatic amines is 1. The number of para-hydroxylation sites is 1. The Bertz CT molecular complexity index is 1640. The molecule has 3 aromatic carbocycles. The van der Waals surface area contributed by atoms with E-state index in [4.69, 9.17) is 5.73 Å². The molecule has 4 rings (SSSR count). The summed E-state index contributed by atoms with van der Waals surface area (Å²) in [5.41, 5.74) is 8.87. The van der Waals surface area contributed by atoms with Gasteiger partial charge in [-0.05, 0) is 53.4 Å². The van der Waals surface area contributed by atoms with E-state index in [-0.39, 0.29) is 36.5 Å². The summed E-state index contributed by atoms with van der Waals surface area (Å²) in [5.74, 6) is -3.36. The molecule has 0 radical (unpaired) electrons. The molecule has 0 aliphatic heterocycles. The molecule has 0 saturated heterocycles. The van der Waals surface area contributed by atoms with Crippen molar-refractivity contribution < 1.29 is 34.5 Å². The summed E-state index contributed by atoms with van der Waals surface area (Å²) >= 11 is 4.22. The number of amides is 3. The van der Waals surface area contributed by atoms with Gasteiger partial charge in [-0.15, -0.1) is 0 Å². The molecule has 0 aliphatic carbocycles. The van der Waals surface area contributed by atoms with Crippen LogP contribution in [0.1, 0.15) is 16.7 Å². The number of phenolic OH excluding ortho intramolecular Hbond substituents is 2. The van der Waals surface area contributed by atoms with Crippen LogP contribution in [0.25, 0.3) is 10.9 Å². The van der Waals surface area contributed by atoms with Crippen LogP contribution in [-0.2, 0) is 38.4 Å². The first-order chi connectivity index (χ1) is 21.5. The van der Waals surface area contributed by atoms with Gasteiger partial charge in [0.2, 0.25) is 17.7 Å². The van der Waals surface area contributed by atoms with Gasteiger partial charge in [-0.3, -0.25) is 14.4 Å². The molecule has 9 N–H and O–H groups in total. The molecular weight excluding hydrogens is 598 g/mol. The van der Waals surface area contributed by atoms with Crippen molar-refractivity contribution in [2.45, 2.75) is 43.4 Å². The van der Waals surface area contributed by atoms with Crippen molar-refractivity contribution in [2.24, 2.45) is 5.73 Å². The molecule has 12 nitrogen and oxygen atoms in total. The molecule has 236 valence electrons. The molecule has 0 aliphatic rings. The maximum Gasteiger partial charge on any atom is 0.326 e. The number of aromatic hydroxyl groups is 2. The van der Waals surface area contributed by atoms with E-state index in [0.29, 0.717) is 16.7 Å². The number of nitrogens with one attached hydrogen (secondary N) is 4. The monoisotopic (exact) mass is 633 g/mol. The zero-order valence-electron chi connectivity index (χ0n) is 24.1. The summed E-state index contributed by atoms with van der Waals surface area (Å²) in [6.07, 6.45) is 1.81. The van der Waals surface area contributed by atoms with Gasteiger partial charge in [-0.25, -0.2) is 4.79 Å². The van der Waals surface area contributed by atoms with Crippen molar-refractivity contribution >= 4 is 47.2 Å². The maximum absolute atomic E-state index is 13.6. The van der Waals surface area contributed by atoms with Crippen LogP contribution in [0.2, 0.25) is 0 Å². The summed E-state index contributed by atoms with van der Waals surface area (Å²) in [6.45, 7) is 0. The molecule has 0 fully saturated rings. The third kappa shape index (κ3) is 9.00. The van der Waals surface area contributed by atoms with Crippen molar-refractivity contribution in [1.29, 1.82) is 0 Å². The van der Waals surface area contributed by atoms with Crippen LogP contribution in [0.4, 0.5) is 0 Å². The minimum atomic E-state index is -1.33. The Hall–Kier alpha value is -5.01. The molecule has 45 heavy (non-hydrogen) atoms. The largest absolute Gasteiger partial charge is 0.508 e. The first-order valence-corrected chi connectivity index (χ1v) is 14.8. The second kappa shape index (κ2) is 15.1. The van der Waals surface area contributed by atoms with Crippen LogP contribution in [0.15, 0.2) is 79.0 Å². The summed E-state index contributed by atoms with van der Waals surface area (Å²) in [5, 5.41) is 37.5. The maximum atomic E-state index is 13.6. The number of nitrogens with two attached hydrogens (primary N) is 1. The smallest absolute Gasteiger partial charge is 0.326 e. The second-order valence-corrected chi connectivity index (χ2v) is 11.0. The summed E-state index contributed by atoms with van der Waals surface area (Å²) < 4.78 is 0. The molecule has 0 saturated carbocycles. The molecule has 4 aromatic rings. The number of carboxylic acid groups (broad SMARTS) is 1. The average molecular weight is 634 g/mol. The Morgan fingerprint density at radius 1 is 0.711 bits per heavy atom. The van der Waals surface area contributed by atoms with E-state index in [1.54, 1.807) is 30.5 Å². The number of benzene rings is 3. The lowest BCUT2D eigenvalue weighted by Gasteiger charge is -2.25. The number of carbonyl (C=O) groups is 4. The lowest BCUT2D eigenvalue weighted by atomic mass is 10.0. The minimum Gasteiger partial charge on any atom is -0.508 e. The molecule has 13 heteroatoms. The summed E-state index contributed by atoms with van der Waals surface area (Å²) in [6, 6.07) is 14.8. The molecule has 0 bridgehead atoms.